The summed E-state index contributed by atoms with van der Waals surface area (Å²) < 4.78 is 4.59. The summed E-state index contributed by atoms with van der Waals surface area (Å²) in [7, 11) is 0. The van der Waals surface area contributed by atoms with Gasteiger partial charge in [0.1, 0.15) is 10.1 Å². The van der Waals surface area contributed by atoms with Crippen LogP contribution in [0.15, 0.2) is 29.4 Å². The van der Waals surface area contributed by atoms with Gasteiger partial charge in [0.15, 0.2) is 0 Å². The third-order valence-electron chi connectivity index (χ3n) is 3.81. The molecule has 0 heterocycles. The minimum atomic E-state index is -0.992. The molecule has 0 aliphatic heterocycles. The van der Waals surface area contributed by atoms with E-state index in [0.29, 0.717) is 18.7 Å². The van der Waals surface area contributed by atoms with Crippen LogP contribution >= 0.6 is 23.2 Å². The Morgan fingerprint density at radius 3 is 2.73 bits per heavy atom. The summed E-state index contributed by atoms with van der Waals surface area (Å²) in [5.41, 5.74) is 3.35. The monoisotopic (exact) mass is 342 g/mol. The van der Waals surface area contributed by atoms with Gasteiger partial charge in [0.25, 0.3) is 0 Å². The number of hydrogen-bond acceptors (Lipinski definition) is 3. The molecule has 1 aliphatic rings. The van der Waals surface area contributed by atoms with E-state index < -0.39 is 9.75 Å². The molecule has 4 nitrogen and oxygen atoms in total. The first kappa shape index (κ1) is 17.1. The molecule has 1 amide bonds. The number of ether oxygens (including phenoxy) is 1. The summed E-state index contributed by atoms with van der Waals surface area (Å²) in [6, 6.07) is 7.60. The standard InChI is InChI=1S/C16H20Cl2N2O2/c1-4-8-22-13-7-5-6-12(9-13)11(2)19-20-14(21)15(3)10-16(15,17)18/h5-7,9H,4,8,10H2,1-3H3,(H,20,21). The van der Waals surface area contributed by atoms with Crippen molar-refractivity contribution in [2.75, 3.05) is 6.61 Å². The van der Waals surface area contributed by atoms with Crippen LogP contribution in [-0.2, 0) is 4.79 Å². The van der Waals surface area contributed by atoms with Crippen molar-refractivity contribution < 1.29 is 9.53 Å². The highest BCUT2D eigenvalue weighted by Crippen LogP contribution is 2.63. The molecule has 1 N–H and O–H groups in total. The van der Waals surface area contributed by atoms with Crippen molar-refractivity contribution in [3.8, 4) is 5.75 Å². The minimum absolute atomic E-state index is 0.268. The van der Waals surface area contributed by atoms with Crippen LogP contribution < -0.4 is 10.2 Å². The van der Waals surface area contributed by atoms with E-state index in [2.05, 4.69) is 17.5 Å². The van der Waals surface area contributed by atoms with Crippen molar-refractivity contribution in [2.24, 2.45) is 10.5 Å². The van der Waals surface area contributed by atoms with Gasteiger partial charge in [-0.2, -0.15) is 5.10 Å². The second-order valence-electron chi connectivity index (χ2n) is 5.73. The molecule has 120 valence electrons. The Hall–Kier alpha value is -1.26. The molecule has 1 unspecified atom stereocenters. The highest BCUT2D eigenvalue weighted by Gasteiger charge is 2.68. The zero-order valence-corrected chi connectivity index (χ0v) is 14.5. The van der Waals surface area contributed by atoms with Crippen molar-refractivity contribution in [3.63, 3.8) is 0 Å². The third-order valence-corrected chi connectivity index (χ3v) is 4.91. The predicted molar refractivity (Wildman–Crippen MR) is 89.7 cm³/mol. The van der Waals surface area contributed by atoms with E-state index in [4.69, 9.17) is 27.9 Å². The van der Waals surface area contributed by atoms with Gasteiger partial charge in [0, 0.05) is 5.56 Å². The summed E-state index contributed by atoms with van der Waals surface area (Å²) >= 11 is 12.0. The largest absolute Gasteiger partial charge is 0.494 e. The van der Waals surface area contributed by atoms with Crippen LogP contribution in [0.1, 0.15) is 39.2 Å². The summed E-state index contributed by atoms with van der Waals surface area (Å²) in [5.74, 6) is 0.519. The molecule has 1 aromatic carbocycles. The summed E-state index contributed by atoms with van der Waals surface area (Å²) in [4.78, 5) is 12.1. The van der Waals surface area contributed by atoms with Gasteiger partial charge in [-0.1, -0.05) is 19.1 Å². The number of halogens is 2. The maximum Gasteiger partial charge on any atom is 0.249 e. The van der Waals surface area contributed by atoms with Crippen LogP contribution in [0.5, 0.6) is 5.75 Å². The van der Waals surface area contributed by atoms with Gasteiger partial charge in [-0.3, -0.25) is 4.79 Å². The molecule has 22 heavy (non-hydrogen) atoms. The number of hydrogen-bond donors (Lipinski definition) is 1. The lowest BCUT2D eigenvalue weighted by atomic mass is 10.1. The Labute approximate surface area is 140 Å². The molecule has 0 bridgehead atoms. The van der Waals surface area contributed by atoms with Gasteiger partial charge >= 0.3 is 0 Å². The smallest absolute Gasteiger partial charge is 0.249 e. The molecule has 0 radical (unpaired) electrons. The van der Waals surface area contributed by atoms with Crippen molar-refractivity contribution in [2.45, 2.75) is 37.9 Å². The molecule has 1 fully saturated rings. The highest BCUT2D eigenvalue weighted by atomic mass is 35.5. The summed E-state index contributed by atoms with van der Waals surface area (Å²) in [6.45, 7) is 6.27. The Morgan fingerprint density at radius 2 is 2.14 bits per heavy atom. The number of amides is 1. The van der Waals surface area contributed by atoms with E-state index in [9.17, 15) is 4.79 Å². The zero-order chi connectivity index (χ0) is 16.4. The van der Waals surface area contributed by atoms with Crippen molar-refractivity contribution >= 4 is 34.8 Å². The van der Waals surface area contributed by atoms with Crippen LogP contribution in [0.2, 0.25) is 0 Å². The van der Waals surface area contributed by atoms with Crippen LogP contribution in [-0.4, -0.2) is 22.6 Å². The van der Waals surface area contributed by atoms with Gasteiger partial charge in [0.2, 0.25) is 5.91 Å². The lowest BCUT2D eigenvalue weighted by Gasteiger charge is -2.10. The molecule has 1 saturated carbocycles. The van der Waals surface area contributed by atoms with Gasteiger partial charge in [0.05, 0.1) is 17.7 Å². The Kier molecular flexibility index (Phi) is 5.03. The molecular formula is C16H20Cl2N2O2. The molecule has 0 saturated heterocycles. The molecule has 0 aromatic heterocycles. The first-order chi connectivity index (χ1) is 10.3. The fourth-order valence-electron chi connectivity index (χ4n) is 2.00. The number of alkyl halides is 2. The van der Waals surface area contributed by atoms with Crippen LogP contribution in [0, 0.1) is 5.41 Å². The van der Waals surface area contributed by atoms with Crippen molar-refractivity contribution in [1.29, 1.82) is 0 Å². The zero-order valence-electron chi connectivity index (χ0n) is 13.0. The minimum Gasteiger partial charge on any atom is -0.494 e. The lowest BCUT2D eigenvalue weighted by molar-refractivity contribution is -0.125. The van der Waals surface area contributed by atoms with Gasteiger partial charge in [-0.25, -0.2) is 5.43 Å². The quantitative estimate of drug-likeness (QED) is 0.484. The number of benzene rings is 1. The fourth-order valence-corrected chi connectivity index (χ4v) is 2.71. The molecule has 6 heteroatoms. The van der Waals surface area contributed by atoms with E-state index in [1.165, 1.54) is 0 Å². The van der Waals surface area contributed by atoms with E-state index >= 15 is 0 Å². The first-order valence-electron chi connectivity index (χ1n) is 7.26. The molecule has 1 aliphatic carbocycles. The molecule has 1 aromatic rings. The number of nitrogens with zero attached hydrogens (tertiary/aromatic N) is 1. The average Bonchev–Trinajstić information content (AvgIpc) is 3.02. The van der Waals surface area contributed by atoms with E-state index in [1.54, 1.807) is 6.92 Å². The maximum atomic E-state index is 12.1. The third kappa shape index (κ3) is 3.55. The number of carbonyl (C=O) groups excluding carboxylic acids is 1. The lowest BCUT2D eigenvalue weighted by Crippen LogP contribution is -2.30. The molecule has 2 rings (SSSR count). The summed E-state index contributed by atoms with van der Waals surface area (Å²) in [6.07, 6.45) is 1.38. The van der Waals surface area contributed by atoms with Gasteiger partial charge in [-0.05, 0) is 38.8 Å². The topological polar surface area (TPSA) is 50.7 Å². The normalized spacial score (nSPS) is 23.0. The summed E-state index contributed by atoms with van der Waals surface area (Å²) in [5, 5.41) is 4.13. The SMILES string of the molecule is CCCOc1cccc(C(C)=NNC(=O)C2(C)CC2(Cl)Cl)c1. The van der Waals surface area contributed by atoms with Crippen LogP contribution in [0.3, 0.4) is 0 Å². The predicted octanol–water partition coefficient (Wildman–Crippen LogP) is 3.90. The van der Waals surface area contributed by atoms with Crippen LogP contribution in [0.4, 0.5) is 0 Å². The average molecular weight is 343 g/mol. The molecular weight excluding hydrogens is 323 g/mol. The second-order valence-corrected chi connectivity index (χ2v) is 7.21. The fraction of sp³-hybridized carbons (Fsp3) is 0.500. The number of carbonyl (C=O) groups is 1. The number of hydrazone groups is 1. The Balaban J connectivity index is 2.02. The molecule has 0 spiro atoms. The van der Waals surface area contributed by atoms with Gasteiger partial charge < -0.3 is 4.74 Å². The Morgan fingerprint density at radius 1 is 1.45 bits per heavy atom. The highest BCUT2D eigenvalue weighted by molar-refractivity contribution is 6.53. The van der Waals surface area contributed by atoms with E-state index in [-0.39, 0.29) is 5.91 Å². The van der Waals surface area contributed by atoms with Gasteiger partial charge in [-0.15, -0.1) is 23.2 Å². The Bertz CT molecular complexity index is 602. The van der Waals surface area contributed by atoms with E-state index in [0.717, 1.165) is 17.7 Å². The number of nitrogens with one attached hydrogen (secondary N) is 1. The first-order valence-corrected chi connectivity index (χ1v) is 8.01. The maximum absolute atomic E-state index is 12.1. The van der Waals surface area contributed by atoms with Crippen molar-refractivity contribution in [3.05, 3.63) is 29.8 Å². The molecule has 1 atom stereocenters. The second kappa shape index (κ2) is 6.47. The number of rotatable bonds is 6. The van der Waals surface area contributed by atoms with E-state index in [1.807, 2.05) is 31.2 Å². The van der Waals surface area contributed by atoms with Crippen LogP contribution in [0.25, 0.3) is 0 Å². The van der Waals surface area contributed by atoms with Crippen molar-refractivity contribution in [1.82, 2.24) is 5.43 Å².